The SMILES string of the molecule is CCCCc1ccc(CCc2ccc(Br)cc2)cc1. The summed E-state index contributed by atoms with van der Waals surface area (Å²) >= 11 is 3.47. The fourth-order valence-corrected chi connectivity index (χ4v) is 2.46. The summed E-state index contributed by atoms with van der Waals surface area (Å²) in [6.07, 6.45) is 6.00. The van der Waals surface area contributed by atoms with E-state index >= 15 is 0 Å². The fourth-order valence-electron chi connectivity index (χ4n) is 2.19. The van der Waals surface area contributed by atoms with Crippen LogP contribution in [-0.2, 0) is 19.3 Å². The Kier molecular flexibility index (Phi) is 5.65. The zero-order valence-electron chi connectivity index (χ0n) is 11.5. The molecule has 0 aromatic heterocycles. The van der Waals surface area contributed by atoms with Gasteiger partial charge in [0, 0.05) is 4.47 Å². The Hall–Kier alpha value is -1.08. The fraction of sp³-hybridized carbons (Fsp3) is 0.333. The molecule has 2 aromatic rings. The van der Waals surface area contributed by atoms with Crippen LogP contribution in [-0.4, -0.2) is 0 Å². The molecule has 0 aliphatic rings. The molecule has 0 amide bonds. The first-order valence-corrected chi connectivity index (χ1v) is 7.89. The molecule has 0 aliphatic heterocycles. The molecule has 0 fully saturated rings. The Bertz CT molecular complexity index is 482. The molecule has 0 bridgehead atoms. The predicted molar refractivity (Wildman–Crippen MR) is 86.6 cm³/mol. The average molecular weight is 317 g/mol. The first kappa shape index (κ1) is 14.3. The summed E-state index contributed by atoms with van der Waals surface area (Å²) in [6.45, 7) is 2.24. The van der Waals surface area contributed by atoms with Gasteiger partial charge in [0.25, 0.3) is 0 Å². The van der Waals surface area contributed by atoms with Gasteiger partial charge in [0.1, 0.15) is 0 Å². The molecular formula is C18H21Br. The number of hydrogen-bond donors (Lipinski definition) is 0. The molecule has 0 heterocycles. The van der Waals surface area contributed by atoms with Crippen molar-refractivity contribution in [3.8, 4) is 0 Å². The molecule has 0 saturated carbocycles. The maximum absolute atomic E-state index is 3.47. The van der Waals surface area contributed by atoms with Crippen LogP contribution in [0.1, 0.15) is 36.5 Å². The Morgan fingerprint density at radius 2 is 1.11 bits per heavy atom. The van der Waals surface area contributed by atoms with Gasteiger partial charge < -0.3 is 0 Å². The molecular weight excluding hydrogens is 296 g/mol. The van der Waals surface area contributed by atoms with Crippen LogP contribution in [0, 0.1) is 0 Å². The highest BCUT2D eigenvalue weighted by molar-refractivity contribution is 9.10. The van der Waals surface area contributed by atoms with E-state index in [-0.39, 0.29) is 0 Å². The van der Waals surface area contributed by atoms with Gasteiger partial charge in [-0.15, -0.1) is 0 Å². The number of rotatable bonds is 6. The van der Waals surface area contributed by atoms with Crippen LogP contribution in [0.5, 0.6) is 0 Å². The lowest BCUT2D eigenvalue weighted by atomic mass is 10.0. The number of unbranched alkanes of at least 4 members (excludes halogenated alkanes) is 1. The molecule has 0 nitrogen and oxygen atoms in total. The number of benzene rings is 2. The summed E-state index contributed by atoms with van der Waals surface area (Å²) in [6, 6.07) is 17.7. The quantitative estimate of drug-likeness (QED) is 0.653. The van der Waals surface area contributed by atoms with E-state index in [0.717, 1.165) is 17.3 Å². The zero-order valence-corrected chi connectivity index (χ0v) is 13.1. The molecule has 1 heteroatoms. The van der Waals surface area contributed by atoms with Crippen molar-refractivity contribution in [2.45, 2.75) is 39.0 Å². The predicted octanol–water partition coefficient (Wildman–Crippen LogP) is 5.58. The maximum Gasteiger partial charge on any atom is 0.0175 e. The Morgan fingerprint density at radius 1 is 0.684 bits per heavy atom. The molecule has 0 atom stereocenters. The van der Waals surface area contributed by atoms with E-state index in [1.807, 2.05) is 0 Å². The molecule has 100 valence electrons. The van der Waals surface area contributed by atoms with Crippen molar-refractivity contribution in [2.75, 3.05) is 0 Å². The average Bonchev–Trinajstić information content (AvgIpc) is 2.46. The maximum atomic E-state index is 3.47. The minimum atomic E-state index is 1.11. The van der Waals surface area contributed by atoms with Crippen molar-refractivity contribution in [2.24, 2.45) is 0 Å². The minimum Gasteiger partial charge on any atom is -0.0654 e. The van der Waals surface area contributed by atoms with Gasteiger partial charge in [0.2, 0.25) is 0 Å². The number of halogens is 1. The van der Waals surface area contributed by atoms with Gasteiger partial charge in [0.05, 0.1) is 0 Å². The first-order valence-electron chi connectivity index (χ1n) is 7.10. The number of aryl methyl sites for hydroxylation is 3. The second kappa shape index (κ2) is 7.49. The summed E-state index contributed by atoms with van der Waals surface area (Å²) in [5.74, 6) is 0. The Balaban J connectivity index is 1.87. The van der Waals surface area contributed by atoms with Gasteiger partial charge in [-0.05, 0) is 54.5 Å². The van der Waals surface area contributed by atoms with Gasteiger partial charge in [0.15, 0.2) is 0 Å². The van der Waals surface area contributed by atoms with E-state index in [9.17, 15) is 0 Å². The topological polar surface area (TPSA) is 0 Å². The van der Waals surface area contributed by atoms with Crippen LogP contribution in [0.25, 0.3) is 0 Å². The van der Waals surface area contributed by atoms with Crippen molar-refractivity contribution in [3.05, 3.63) is 69.7 Å². The summed E-state index contributed by atoms with van der Waals surface area (Å²) in [5.41, 5.74) is 4.30. The second-order valence-corrected chi connectivity index (χ2v) is 5.96. The van der Waals surface area contributed by atoms with Gasteiger partial charge >= 0.3 is 0 Å². The Labute approximate surface area is 125 Å². The van der Waals surface area contributed by atoms with Crippen molar-refractivity contribution in [1.29, 1.82) is 0 Å². The van der Waals surface area contributed by atoms with Crippen molar-refractivity contribution >= 4 is 15.9 Å². The minimum absolute atomic E-state index is 1.11. The van der Waals surface area contributed by atoms with Crippen LogP contribution in [0.15, 0.2) is 53.0 Å². The van der Waals surface area contributed by atoms with Crippen molar-refractivity contribution in [3.63, 3.8) is 0 Å². The Morgan fingerprint density at radius 3 is 1.58 bits per heavy atom. The van der Waals surface area contributed by atoms with E-state index in [4.69, 9.17) is 0 Å². The molecule has 0 spiro atoms. The van der Waals surface area contributed by atoms with E-state index in [1.54, 1.807) is 0 Å². The second-order valence-electron chi connectivity index (χ2n) is 5.05. The highest BCUT2D eigenvalue weighted by atomic mass is 79.9. The highest BCUT2D eigenvalue weighted by Crippen LogP contribution is 2.14. The van der Waals surface area contributed by atoms with E-state index in [1.165, 1.54) is 36.0 Å². The zero-order chi connectivity index (χ0) is 13.5. The summed E-state index contributed by atoms with van der Waals surface area (Å²) < 4.78 is 1.15. The molecule has 0 radical (unpaired) electrons. The summed E-state index contributed by atoms with van der Waals surface area (Å²) in [4.78, 5) is 0. The number of hydrogen-bond acceptors (Lipinski definition) is 0. The summed E-state index contributed by atoms with van der Waals surface area (Å²) in [7, 11) is 0. The molecule has 0 N–H and O–H groups in total. The smallest absolute Gasteiger partial charge is 0.0175 e. The lowest BCUT2D eigenvalue weighted by Gasteiger charge is -2.05. The third-order valence-corrected chi connectivity index (χ3v) is 3.99. The normalized spacial score (nSPS) is 10.6. The highest BCUT2D eigenvalue weighted by Gasteiger charge is 1.97. The molecule has 19 heavy (non-hydrogen) atoms. The molecule has 2 aromatic carbocycles. The van der Waals surface area contributed by atoms with E-state index in [0.29, 0.717) is 0 Å². The standard InChI is InChI=1S/C18H21Br/c1-2-3-4-15-5-7-16(8-6-15)9-10-17-11-13-18(19)14-12-17/h5-8,11-14H,2-4,9-10H2,1H3. The molecule has 0 saturated heterocycles. The van der Waals surface area contributed by atoms with Crippen molar-refractivity contribution in [1.82, 2.24) is 0 Å². The third-order valence-electron chi connectivity index (χ3n) is 3.46. The van der Waals surface area contributed by atoms with Crippen LogP contribution >= 0.6 is 15.9 Å². The lowest BCUT2D eigenvalue weighted by molar-refractivity contribution is 0.794. The van der Waals surface area contributed by atoms with Crippen LogP contribution < -0.4 is 0 Å². The van der Waals surface area contributed by atoms with Gasteiger partial charge in [-0.1, -0.05) is 65.7 Å². The van der Waals surface area contributed by atoms with Gasteiger partial charge in [-0.25, -0.2) is 0 Å². The van der Waals surface area contributed by atoms with E-state index < -0.39 is 0 Å². The van der Waals surface area contributed by atoms with Crippen LogP contribution in [0.4, 0.5) is 0 Å². The van der Waals surface area contributed by atoms with Gasteiger partial charge in [-0.3, -0.25) is 0 Å². The van der Waals surface area contributed by atoms with Gasteiger partial charge in [-0.2, -0.15) is 0 Å². The third kappa shape index (κ3) is 4.83. The first-order chi connectivity index (χ1) is 9.28. The lowest BCUT2D eigenvalue weighted by Crippen LogP contribution is -1.92. The van der Waals surface area contributed by atoms with E-state index in [2.05, 4.69) is 71.4 Å². The largest absolute Gasteiger partial charge is 0.0654 e. The monoisotopic (exact) mass is 316 g/mol. The molecule has 0 aliphatic carbocycles. The molecule has 0 unspecified atom stereocenters. The summed E-state index contributed by atoms with van der Waals surface area (Å²) in [5, 5.41) is 0. The van der Waals surface area contributed by atoms with Crippen molar-refractivity contribution < 1.29 is 0 Å². The van der Waals surface area contributed by atoms with Crippen LogP contribution in [0.2, 0.25) is 0 Å². The van der Waals surface area contributed by atoms with Crippen LogP contribution in [0.3, 0.4) is 0 Å². The molecule has 2 rings (SSSR count).